The van der Waals surface area contributed by atoms with Crippen LogP contribution in [0.2, 0.25) is 0 Å². The third kappa shape index (κ3) is 2.36. The molecule has 0 radical (unpaired) electrons. The molecule has 0 saturated heterocycles. The predicted molar refractivity (Wildman–Crippen MR) is 40.2 cm³/mol. The highest BCUT2D eigenvalue weighted by Crippen LogP contribution is 2.08. The van der Waals surface area contributed by atoms with E-state index in [0.29, 0.717) is 0 Å². The molecule has 0 aromatic rings. The molecule has 0 spiro atoms. The molecule has 9 heavy (non-hydrogen) atoms. The molecule has 0 amide bonds. The molecular weight excluding hydrogens is 112 g/mol. The summed E-state index contributed by atoms with van der Waals surface area (Å²) in [6, 6.07) is 0. The number of rotatable bonds is 1. The van der Waals surface area contributed by atoms with Gasteiger partial charge in [0.15, 0.2) is 0 Å². The van der Waals surface area contributed by atoms with E-state index in [9.17, 15) is 0 Å². The molecule has 0 aliphatic heterocycles. The van der Waals surface area contributed by atoms with Crippen molar-refractivity contribution >= 4 is 0 Å². The van der Waals surface area contributed by atoms with Crippen LogP contribution in [0.3, 0.4) is 0 Å². The Morgan fingerprint density at radius 2 is 2.22 bits per heavy atom. The average molecular weight is 126 g/mol. The van der Waals surface area contributed by atoms with E-state index in [-0.39, 0.29) is 7.43 Å². The lowest BCUT2D eigenvalue weighted by atomic mass is 10.2. The zero-order valence-corrected chi connectivity index (χ0v) is 5.05. The highest BCUT2D eigenvalue weighted by Gasteiger charge is 1.92. The SMILES string of the molecule is C.COC1=CCCC=C1. The Morgan fingerprint density at radius 3 is 2.56 bits per heavy atom. The first-order chi connectivity index (χ1) is 3.93. The molecule has 1 rings (SSSR count). The molecule has 0 fully saturated rings. The Bertz CT molecular complexity index is 123. The van der Waals surface area contributed by atoms with Crippen molar-refractivity contribution in [3.63, 3.8) is 0 Å². The Balaban J connectivity index is 0.000000640. The molecule has 0 unspecified atom stereocenters. The Labute approximate surface area is 57.0 Å². The summed E-state index contributed by atoms with van der Waals surface area (Å²) in [7, 11) is 1.70. The second-order valence-electron chi connectivity index (χ2n) is 1.79. The van der Waals surface area contributed by atoms with Crippen LogP contribution in [-0.2, 0) is 4.74 Å². The van der Waals surface area contributed by atoms with Crippen LogP contribution in [-0.4, -0.2) is 7.11 Å². The largest absolute Gasteiger partial charge is 0.497 e. The van der Waals surface area contributed by atoms with E-state index in [2.05, 4.69) is 12.2 Å². The van der Waals surface area contributed by atoms with Gasteiger partial charge in [-0.25, -0.2) is 0 Å². The molecule has 0 N–H and O–H groups in total. The average Bonchev–Trinajstić information content (AvgIpc) is 1.90. The van der Waals surface area contributed by atoms with Crippen molar-refractivity contribution in [2.75, 3.05) is 7.11 Å². The van der Waals surface area contributed by atoms with Crippen molar-refractivity contribution in [2.45, 2.75) is 20.3 Å². The smallest absolute Gasteiger partial charge is 0.114 e. The maximum absolute atomic E-state index is 4.97. The van der Waals surface area contributed by atoms with Crippen molar-refractivity contribution in [1.82, 2.24) is 0 Å². The zero-order valence-electron chi connectivity index (χ0n) is 5.05. The molecule has 1 heteroatoms. The summed E-state index contributed by atoms with van der Waals surface area (Å²) < 4.78 is 4.97. The fraction of sp³-hybridized carbons (Fsp3) is 0.500. The fourth-order valence-electron chi connectivity index (χ4n) is 0.741. The van der Waals surface area contributed by atoms with Crippen molar-refractivity contribution in [3.05, 3.63) is 24.0 Å². The topological polar surface area (TPSA) is 9.23 Å². The summed E-state index contributed by atoms with van der Waals surface area (Å²) >= 11 is 0. The molecule has 0 saturated carbocycles. The third-order valence-electron chi connectivity index (χ3n) is 1.20. The van der Waals surface area contributed by atoms with Gasteiger partial charge < -0.3 is 4.74 Å². The lowest BCUT2D eigenvalue weighted by Gasteiger charge is -2.02. The van der Waals surface area contributed by atoms with Crippen LogP contribution < -0.4 is 0 Å². The van der Waals surface area contributed by atoms with Crippen LogP contribution in [0.25, 0.3) is 0 Å². The van der Waals surface area contributed by atoms with Gasteiger partial charge in [-0.05, 0) is 25.0 Å². The third-order valence-corrected chi connectivity index (χ3v) is 1.20. The van der Waals surface area contributed by atoms with E-state index in [1.54, 1.807) is 7.11 Å². The number of allylic oxidation sites excluding steroid dienone is 3. The normalized spacial score (nSPS) is 15.9. The van der Waals surface area contributed by atoms with Crippen LogP contribution in [0.5, 0.6) is 0 Å². The van der Waals surface area contributed by atoms with Crippen LogP contribution in [0.15, 0.2) is 24.0 Å². The van der Waals surface area contributed by atoms with E-state index >= 15 is 0 Å². The van der Waals surface area contributed by atoms with Gasteiger partial charge in [0, 0.05) is 0 Å². The maximum atomic E-state index is 4.97. The molecule has 1 nitrogen and oxygen atoms in total. The highest BCUT2D eigenvalue weighted by molar-refractivity contribution is 5.15. The van der Waals surface area contributed by atoms with E-state index in [1.807, 2.05) is 6.08 Å². The maximum Gasteiger partial charge on any atom is 0.114 e. The molecule has 0 aromatic carbocycles. The molecule has 1 aliphatic rings. The summed E-state index contributed by atoms with van der Waals surface area (Å²) in [5.41, 5.74) is 0. The highest BCUT2D eigenvalue weighted by atomic mass is 16.5. The fourth-order valence-corrected chi connectivity index (χ4v) is 0.741. The Hall–Kier alpha value is -0.720. The van der Waals surface area contributed by atoms with Gasteiger partial charge in [-0.3, -0.25) is 0 Å². The van der Waals surface area contributed by atoms with Gasteiger partial charge in [0.2, 0.25) is 0 Å². The molecular formula is C8H14O. The quantitative estimate of drug-likeness (QED) is 0.524. The predicted octanol–water partition coefficient (Wildman–Crippen LogP) is 2.50. The van der Waals surface area contributed by atoms with Gasteiger partial charge in [0.05, 0.1) is 7.11 Å². The monoisotopic (exact) mass is 126 g/mol. The van der Waals surface area contributed by atoms with E-state index < -0.39 is 0 Å². The lowest BCUT2D eigenvalue weighted by Crippen LogP contribution is -1.85. The van der Waals surface area contributed by atoms with Gasteiger partial charge in [0.1, 0.15) is 5.76 Å². The van der Waals surface area contributed by atoms with Crippen LogP contribution in [0, 0.1) is 0 Å². The summed E-state index contributed by atoms with van der Waals surface area (Å²) in [5.74, 6) is 0.997. The standard InChI is InChI=1S/C7H10O.CH4/c1-8-7-5-3-2-4-6-7;/h3,5-6H,2,4H2,1H3;1H4. The first kappa shape index (κ1) is 8.28. The first-order valence-corrected chi connectivity index (χ1v) is 2.84. The van der Waals surface area contributed by atoms with Crippen molar-refractivity contribution in [1.29, 1.82) is 0 Å². The summed E-state index contributed by atoms with van der Waals surface area (Å²) in [6.45, 7) is 0. The van der Waals surface area contributed by atoms with E-state index in [0.717, 1.165) is 18.6 Å². The molecule has 0 heterocycles. The minimum absolute atomic E-state index is 0. The summed E-state index contributed by atoms with van der Waals surface area (Å²) in [4.78, 5) is 0. The minimum Gasteiger partial charge on any atom is -0.497 e. The van der Waals surface area contributed by atoms with Gasteiger partial charge in [-0.2, -0.15) is 0 Å². The lowest BCUT2D eigenvalue weighted by molar-refractivity contribution is 0.303. The van der Waals surface area contributed by atoms with E-state index in [4.69, 9.17) is 4.74 Å². The molecule has 0 atom stereocenters. The van der Waals surface area contributed by atoms with Crippen LogP contribution >= 0.6 is 0 Å². The Morgan fingerprint density at radius 1 is 1.44 bits per heavy atom. The van der Waals surface area contributed by atoms with Gasteiger partial charge in [-0.1, -0.05) is 13.5 Å². The molecule has 0 bridgehead atoms. The van der Waals surface area contributed by atoms with Crippen LogP contribution in [0.4, 0.5) is 0 Å². The second kappa shape index (κ2) is 4.19. The van der Waals surface area contributed by atoms with E-state index in [1.165, 1.54) is 0 Å². The summed E-state index contributed by atoms with van der Waals surface area (Å²) in [5, 5.41) is 0. The first-order valence-electron chi connectivity index (χ1n) is 2.84. The van der Waals surface area contributed by atoms with Gasteiger partial charge >= 0.3 is 0 Å². The van der Waals surface area contributed by atoms with Crippen molar-refractivity contribution in [2.24, 2.45) is 0 Å². The molecule has 1 aliphatic carbocycles. The minimum atomic E-state index is 0. The molecule has 52 valence electrons. The zero-order chi connectivity index (χ0) is 5.82. The number of hydrogen-bond acceptors (Lipinski definition) is 1. The van der Waals surface area contributed by atoms with Crippen molar-refractivity contribution < 1.29 is 4.74 Å². The van der Waals surface area contributed by atoms with Gasteiger partial charge in [-0.15, -0.1) is 0 Å². The number of hydrogen-bond donors (Lipinski definition) is 0. The van der Waals surface area contributed by atoms with Crippen LogP contribution in [0.1, 0.15) is 20.3 Å². The molecule has 0 aromatic heterocycles. The Kier molecular flexibility index (Phi) is 3.85. The summed E-state index contributed by atoms with van der Waals surface area (Å²) in [6.07, 6.45) is 8.51. The number of methoxy groups -OCH3 is 1. The second-order valence-corrected chi connectivity index (χ2v) is 1.79. The van der Waals surface area contributed by atoms with Crippen molar-refractivity contribution in [3.8, 4) is 0 Å². The number of ether oxygens (including phenoxy) is 1. The van der Waals surface area contributed by atoms with Gasteiger partial charge in [0.25, 0.3) is 0 Å².